The number of nitrogens with one attached hydrogen (secondary N) is 2. The van der Waals surface area contributed by atoms with Gasteiger partial charge in [0.2, 0.25) is 0 Å². The molecule has 7 nitrogen and oxygen atoms in total. The van der Waals surface area contributed by atoms with Crippen molar-refractivity contribution in [3.8, 4) is 0 Å². The van der Waals surface area contributed by atoms with Gasteiger partial charge in [-0.25, -0.2) is 9.59 Å². The number of amides is 2. The van der Waals surface area contributed by atoms with Gasteiger partial charge in [-0.05, 0) is 34.0 Å². The molecule has 0 aliphatic carbocycles. The lowest BCUT2D eigenvalue weighted by Gasteiger charge is -2.18. The van der Waals surface area contributed by atoms with E-state index in [2.05, 4.69) is 10.6 Å². The standard InChI is InChI=1S/C11H23N3O4/c1-8(5-6-14(2)3)13-11(17)12-7-9(18-4)10(15)16/h8-9H,5-7H2,1-4H3,(H,15,16)(H2,12,13,17). The van der Waals surface area contributed by atoms with E-state index >= 15 is 0 Å². The molecule has 0 aromatic carbocycles. The molecule has 7 heteroatoms. The average molecular weight is 261 g/mol. The number of urea groups is 1. The Labute approximate surface area is 107 Å². The summed E-state index contributed by atoms with van der Waals surface area (Å²) in [6, 6.07) is -0.359. The molecule has 106 valence electrons. The van der Waals surface area contributed by atoms with Crippen molar-refractivity contribution in [3.63, 3.8) is 0 Å². The van der Waals surface area contributed by atoms with Crippen molar-refractivity contribution in [1.82, 2.24) is 15.5 Å². The minimum atomic E-state index is -1.10. The van der Waals surface area contributed by atoms with Crippen molar-refractivity contribution in [2.24, 2.45) is 0 Å². The van der Waals surface area contributed by atoms with Crippen LogP contribution in [0.25, 0.3) is 0 Å². The molecular formula is C11H23N3O4. The van der Waals surface area contributed by atoms with E-state index in [-0.39, 0.29) is 18.6 Å². The smallest absolute Gasteiger partial charge is 0.334 e. The first kappa shape index (κ1) is 16.7. The number of carboxylic acids is 1. The van der Waals surface area contributed by atoms with Crippen LogP contribution in [0.3, 0.4) is 0 Å². The van der Waals surface area contributed by atoms with Gasteiger partial charge >= 0.3 is 12.0 Å². The Morgan fingerprint density at radius 1 is 1.39 bits per heavy atom. The molecule has 0 saturated carbocycles. The van der Waals surface area contributed by atoms with E-state index in [4.69, 9.17) is 9.84 Å². The first-order valence-electron chi connectivity index (χ1n) is 5.81. The predicted octanol–water partition coefficient (Wildman–Crippen LogP) is -0.275. The summed E-state index contributed by atoms with van der Waals surface area (Å²) in [5.41, 5.74) is 0. The minimum Gasteiger partial charge on any atom is -0.479 e. The molecule has 2 atom stereocenters. The van der Waals surface area contributed by atoms with Crippen LogP contribution in [0.1, 0.15) is 13.3 Å². The number of methoxy groups -OCH3 is 1. The first-order valence-corrected chi connectivity index (χ1v) is 5.81. The van der Waals surface area contributed by atoms with Crippen LogP contribution in [0.5, 0.6) is 0 Å². The van der Waals surface area contributed by atoms with Gasteiger partial charge in [0.05, 0.1) is 6.54 Å². The highest BCUT2D eigenvalue weighted by Crippen LogP contribution is 1.92. The van der Waals surface area contributed by atoms with Gasteiger partial charge in [-0.3, -0.25) is 0 Å². The predicted molar refractivity (Wildman–Crippen MR) is 67.6 cm³/mol. The molecule has 0 aliphatic heterocycles. The maximum absolute atomic E-state index is 11.5. The Kier molecular flexibility index (Phi) is 8.06. The lowest BCUT2D eigenvalue weighted by molar-refractivity contribution is -0.147. The van der Waals surface area contributed by atoms with Crippen LogP contribution in [0, 0.1) is 0 Å². The second-order valence-electron chi connectivity index (χ2n) is 4.41. The van der Waals surface area contributed by atoms with E-state index in [0.29, 0.717) is 0 Å². The maximum atomic E-state index is 11.5. The Balaban J connectivity index is 3.86. The average Bonchev–Trinajstić information content (AvgIpc) is 2.26. The monoisotopic (exact) mass is 261 g/mol. The third-order valence-electron chi connectivity index (χ3n) is 2.39. The number of hydrogen-bond acceptors (Lipinski definition) is 4. The summed E-state index contributed by atoms with van der Waals surface area (Å²) in [5.74, 6) is -1.10. The summed E-state index contributed by atoms with van der Waals surface area (Å²) in [6.45, 7) is 2.71. The van der Waals surface area contributed by atoms with Crippen LogP contribution < -0.4 is 10.6 Å². The fourth-order valence-corrected chi connectivity index (χ4v) is 1.26. The van der Waals surface area contributed by atoms with Gasteiger partial charge in [0.1, 0.15) is 0 Å². The zero-order valence-corrected chi connectivity index (χ0v) is 11.4. The van der Waals surface area contributed by atoms with Crippen molar-refractivity contribution < 1.29 is 19.4 Å². The molecule has 0 fully saturated rings. The summed E-state index contributed by atoms with van der Waals surface area (Å²) in [5, 5.41) is 13.9. The van der Waals surface area contributed by atoms with Crippen molar-refractivity contribution in [2.75, 3.05) is 34.3 Å². The Morgan fingerprint density at radius 2 is 2.00 bits per heavy atom. The van der Waals surface area contributed by atoms with Gasteiger partial charge in [-0.15, -0.1) is 0 Å². The van der Waals surface area contributed by atoms with E-state index in [1.165, 1.54) is 7.11 Å². The third kappa shape index (κ3) is 7.86. The molecule has 0 radical (unpaired) electrons. The Hall–Kier alpha value is -1.34. The van der Waals surface area contributed by atoms with Crippen molar-refractivity contribution in [2.45, 2.75) is 25.5 Å². The Bertz CT molecular complexity index is 271. The molecule has 0 aromatic rings. The van der Waals surface area contributed by atoms with Gasteiger partial charge in [0.25, 0.3) is 0 Å². The summed E-state index contributed by atoms with van der Waals surface area (Å²) < 4.78 is 4.70. The second-order valence-corrected chi connectivity index (χ2v) is 4.41. The van der Waals surface area contributed by atoms with Crippen LogP contribution in [0.2, 0.25) is 0 Å². The maximum Gasteiger partial charge on any atom is 0.334 e. The topological polar surface area (TPSA) is 90.9 Å². The van der Waals surface area contributed by atoms with Crippen LogP contribution in [-0.4, -0.2) is 68.4 Å². The van der Waals surface area contributed by atoms with Gasteiger partial charge in [0.15, 0.2) is 6.10 Å². The summed E-state index contributed by atoms with van der Waals surface area (Å²) in [6.07, 6.45) is -0.194. The van der Waals surface area contributed by atoms with Crippen LogP contribution in [0.15, 0.2) is 0 Å². The molecule has 0 aromatic heterocycles. The van der Waals surface area contributed by atoms with Crippen LogP contribution >= 0.6 is 0 Å². The highest BCUT2D eigenvalue weighted by atomic mass is 16.5. The molecule has 3 N–H and O–H groups in total. The van der Waals surface area contributed by atoms with E-state index in [0.717, 1.165) is 13.0 Å². The van der Waals surface area contributed by atoms with E-state index in [1.54, 1.807) is 0 Å². The number of aliphatic carboxylic acids is 1. The number of nitrogens with zero attached hydrogens (tertiary/aromatic N) is 1. The van der Waals surface area contributed by atoms with Crippen molar-refractivity contribution >= 4 is 12.0 Å². The quantitative estimate of drug-likeness (QED) is 0.559. The van der Waals surface area contributed by atoms with E-state index in [1.807, 2.05) is 25.9 Å². The molecule has 2 amide bonds. The molecule has 0 heterocycles. The second kappa shape index (κ2) is 8.71. The van der Waals surface area contributed by atoms with Crippen molar-refractivity contribution in [3.05, 3.63) is 0 Å². The minimum absolute atomic E-state index is 0.0261. The molecule has 0 saturated heterocycles. The number of carbonyl (C=O) groups is 2. The summed E-state index contributed by atoms with van der Waals surface area (Å²) >= 11 is 0. The number of hydrogen-bond donors (Lipinski definition) is 3. The van der Waals surface area contributed by atoms with Gasteiger partial charge in [-0.2, -0.15) is 0 Å². The number of ether oxygens (including phenoxy) is 1. The number of carbonyl (C=O) groups excluding carboxylic acids is 1. The Morgan fingerprint density at radius 3 is 2.44 bits per heavy atom. The summed E-state index contributed by atoms with van der Waals surface area (Å²) in [7, 11) is 5.21. The van der Waals surface area contributed by atoms with Gasteiger partial charge < -0.3 is 25.4 Å². The molecule has 0 bridgehead atoms. The fraction of sp³-hybridized carbons (Fsp3) is 0.818. The lowest BCUT2D eigenvalue weighted by atomic mass is 10.2. The van der Waals surface area contributed by atoms with E-state index in [9.17, 15) is 9.59 Å². The molecule has 0 rings (SSSR count). The highest BCUT2D eigenvalue weighted by molar-refractivity contribution is 5.76. The number of rotatable bonds is 8. The molecule has 0 aliphatic rings. The zero-order chi connectivity index (χ0) is 14.1. The molecule has 18 heavy (non-hydrogen) atoms. The fourth-order valence-electron chi connectivity index (χ4n) is 1.26. The molecule has 0 spiro atoms. The van der Waals surface area contributed by atoms with Gasteiger partial charge in [-0.1, -0.05) is 0 Å². The first-order chi connectivity index (χ1) is 8.36. The zero-order valence-electron chi connectivity index (χ0n) is 11.4. The molecule has 2 unspecified atom stereocenters. The third-order valence-corrected chi connectivity index (χ3v) is 2.39. The largest absolute Gasteiger partial charge is 0.479 e. The van der Waals surface area contributed by atoms with E-state index < -0.39 is 12.1 Å². The van der Waals surface area contributed by atoms with Gasteiger partial charge in [0, 0.05) is 13.2 Å². The lowest BCUT2D eigenvalue weighted by Crippen LogP contribution is -2.46. The van der Waals surface area contributed by atoms with Crippen LogP contribution in [0.4, 0.5) is 4.79 Å². The highest BCUT2D eigenvalue weighted by Gasteiger charge is 2.17. The summed E-state index contributed by atoms with van der Waals surface area (Å²) in [4.78, 5) is 24.1. The SMILES string of the molecule is COC(CNC(=O)NC(C)CCN(C)C)C(=O)O. The van der Waals surface area contributed by atoms with Crippen molar-refractivity contribution in [1.29, 1.82) is 0 Å². The normalized spacial score (nSPS) is 14.1. The van der Waals surface area contributed by atoms with Crippen LogP contribution in [-0.2, 0) is 9.53 Å². The number of carboxylic acid groups (broad SMARTS) is 1. The molecular weight excluding hydrogens is 238 g/mol.